The number of nitrogens with zero attached hydrogens (tertiary/aromatic N) is 2. The smallest absolute Gasteiger partial charge is 0.258 e. The van der Waals surface area contributed by atoms with Gasteiger partial charge in [0.25, 0.3) is 6.43 Å². The average Bonchev–Trinajstić information content (AvgIpc) is 2.14. The Morgan fingerprint density at radius 3 is 2.41 bits per heavy atom. The molecule has 1 rings (SSSR count). The second-order valence-electron chi connectivity index (χ2n) is 3.11. The van der Waals surface area contributed by atoms with Gasteiger partial charge in [-0.05, 0) is 12.5 Å². The number of halogens is 2. The SMILES string of the molecule is Cc1cnc(C(F)F)c([N+](=O)[O-])c1S(N)(=O)=O. The maximum absolute atomic E-state index is 12.5. The third-order valence-electron chi connectivity index (χ3n) is 1.89. The molecule has 7 nitrogen and oxygen atoms in total. The molecule has 0 unspecified atom stereocenters. The highest BCUT2D eigenvalue weighted by atomic mass is 32.2. The van der Waals surface area contributed by atoms with E-state index in [9.17, 15) is 27.3 Å². The number of hydrogen-bond acceptors (Lipinski definition) is 5. The van der Waals surface area contributed by atoms with Crippen LogP contribution in [0.2, 0.25) is 0 Å². The lowest BCUT2D eigenvalue weighted by Gasteiger charge is -2.07. The Bertz CT molecular complexity index is 573. The zero-order chi connectivity index (χ0) is 13.4. The van der Waals surface area contributed by atoms with Crippen LogP contribution in [0.25, 0.3) is 0 Å². The zero-order valence-corrected chi connectivity index (χ0v) is 9.24. The van der Waals surface area contributed by atoms with Crippen molar-refractivity contribution in [3.63, 3.8) is 0 Å². The zero-order valence-electron chi connectivity index (χ0n) is 8.42. The van der Waals surface area contributed by atoms with E-state index in [4.69, 9.17) is 5.14 Å². The van der Waals surface area contributed by atoms with E-state index >= 15 is 0 Å². The van der Waals surface area contributed by atoms with Gasteiger partial charge in [-0.2, -0.15) is 0 Å². The van der Waals surface area contributed by atoms with Crippen molar-refractivity contribution in [2.75, 3.05) is 0 Å². The third-order valence-corrected chi connectivity index (χ3v) is 2.97. The molecule has 0 aliphatic heterocycles. The minimum absolute atomic E-state index is 0.163. The number of aromatic nitrogens is 1. The van der Waals surface area contributed by atoms with Crippen molar-refractivity contribution in [3.8, 4) is 0 Å². The lowest BCUT2D eigenvalue weighted by molar-refractivity contribution is -0.389. The van der Waals surface area contributed by atoms with Crippen LogP contribution < -0.4 is 5.14 Å². The molecule has 0 aromatic carbocycles. The van der Waals surface area contributed by atoms with Gasteiger partial charge in [-0.25, -0.2) is 27.3 Å². The van der Waals surface area contributed by atoms with Crippen LogP contribution in [0.4, 0.5) is 14.5 Å². The molecule has 0 atom stereocenters. The first kappa shape index (κ1) is 13.4. The number of nitro groups is 1. The van der Waals surface area contributed by atoms with Gasteiger partial charge in [-0.15, -0.1) is 0 Å². The molecule has 1 heterocycles. The molecule has 0 aliphatic carbocycles. The van der Waals surface area contributed by atoms with Gasteiger partial charge < -0.3 is 0 Å². The standard InChI is InChI=1S/C7H7F2N3O4S/c1-3-2-11-4(7(8)9)5(12(13)14)6(3)17(10,15)16/h2,7H,1H3,(H2,10,15,16). The summed E-state index contributed by atoms with van der Waals surface area (Å²) in [5.41, 5.74) is -2.66. The maximum atomic E-state index is 12.5. The molecule has 0 saturated carbocycles. The van der Waals surface area contributed by atoms with Crippen molar-refractivity contribution >= 4 is 15.7 Å². The summed E-state index contributed by atoms with van der Waals surface area (Å²) in [4.78, 5) is 11.6. The van der Waals surface area contributed by atoms with E-state index in [-0.39, 0.29) is 5.56 Å². The average molecular weight is 267 g/mol. The highest BCUT2D eigenvalue weighted by Gasteiger charge is 2.33. The molecule has 0 radical (unpaired) electrons. The fraction of sp³-hybridized carbons (Fsp3) is 0.286. The lowest BCUT2D eigenvalue weighted by atomic mass is 10.2. The van der Waals surface area contributed by atoms with Gasteiger partial charge in [0.15, 0.2) is 10.6 Å². The van der Waals surface area contributed by atoms with Crippen LogP contribution >= 0.6 is 0 Å². The first-order chi connectivity index (χ1) is 7.66. The van der Waals surface area contributed by atoms with Crippen molar-refractivity contribution in [2.24, 2.45) is 5.14 Å². The third kappa shape index (κ3) is 2.53. The molecule has 1 aromatic rings. The number of primary sulfonamides is 1. The Morgan fingerprint density at radius 1 is 1.53 bits per heavy atom. The summed E-state index contributed by atoms with van der Waals surface area (Å²) in [6.07, 6.45) is -2.47. The van der Waals surface area contributed by atoms with Crippen LogP contribution in [-0.4, -0.2) is 18.3 Å². The molecule has 94 valence electrons. The molecule has 17 heavy (non-hydrogen) atoms. The second kappa shape index (κ2) is 4.30. The van der Waals surface area contributed by atoms with Crippen molar-refractivity contribution in [3.05, 3.63) is 27.6 Å². The van der Waals surface area contributed by atoms with E-state index in [0.29, 0.717) is 0 Å². The summed E-state index contributed by atoms with van der Waals surface area (Å²) >= 11 is 0. The molecule has 10 heteroatoms. The van der Waals surface area contributed by atoms with Gasteiger partial charge in [0, 0.05) is 6.20 Å². The minimum Gasteiger partial charge on any atom is -0.258 e. The molecule has 0 amide bonds. The van der Waals surface area contributed by atoms with E-state index in [0.717, 1.165) is 6.20 Å². The summed E-state index contributed by atoms with van der Waals surface area (Å²) in [6.45, 7) is 1.18. The number of hydrogen-bond donors (Lipinski definition) is 1. The quantitative estimate of drug-likeness (QED) is 0.644. The summed E-state index contributed by atoms with van der Waals surface area (Å²) < 4.78 is 47.3. The van der Waals surface area contributed by atoms with E-state index in [1.54, 1.807) is 0 Å². The number of nitrogens with two attached hydrogens (primary N) is 1. The predicted octanol–water partition coefficient (Wildman–Crippen LogP) is 0.883. The van der Waals surface area contributed by atoms with Gasteiger partial charge in [-0.3, -0.25) is 10.1 Å². The van der Waals surface area contributed by atoms with E-state index in [1.165, 1.54) is 6.92 Å². The Morgan fingerprint density at radius 2 is 2.06 bits per heavy atom. The molecule has 0 saturated heterocycles. The van der Waals surface area contributed by atoms with Gasteiger partial charge in [0.2, 0.25) is 10.0 Å². The van der Waals surface area contributed by atoms with Crippen LogP contribution in [0.1, 0.15) is 17.7 Å². The van der Waals surface area contributed by atoms with Gasteiger partial charge in [-0.1, -0.05) is 0 Å². The molecule has 2 N–H and O–H groups in total. The number of sulfonamides is 1. The minimum atomic E-state index is -4.48. The fourth-order valence-corrected chi connectivity index (χ4v) is 2.23. The largest absolute Gasteiger partial charge is 0.316 e. The topological polar surface area (TPSA) is 116 Å². The molecular weight excluding hydrogens is 260 g/mol. The van der Waals surface area contributed by atoms with E-state index in [2.05, 4.69) is 4.98 Å². The first-order valence-electron chi connectivity index (χ1n) is 4.11. The summed E-state index contributed by atoms with van der Waals surface area (Å²) in [5.74, 6) is 0. The predicted molar refractivity (Wildman–Crippen MR) is 52.0 cm³/mol. The molecule has 0 fully saturated rings. The normalized spacial score (nSPS) is 11.8. The molecule has 1 aromatic heterocycles. The lowest BCUT2D eigenvalue weighted by Crippen LogP contribution is -2.17. The van der Waals surface area contributed by atoms with Crippen LogP contribution in [0.5, 0.6) is 0 Å². The van der Waals surface area contributed by atoms with Crippen molar-refractivity contribution < 1.29 is 22.1 Å². The van der Waals surface area contributed by atoms with Crippen molar-refractivity contribution in [2.45, 2.75) is 18.2 Å². The van der Waals surface area contributed by atoms with Crippen LogP contribution in [0, 0.1) is 17.0 Å². The second-order valence-corrected chi connectivity index (χ2v) is 4.61. The highest BCUT2D eigenvalue weighted by Crippen LogP contribution is 2.33. The number of aryl methyl sites for hydroxylation is 1. The maximum Gasteiger partial charge on any atom is 0.316 e. The van der Waals surface area contributed by atoms with Gasteiger partial charge >= 0.3 is 5.69 Å². The first-order valence-corrected chi connectivity index (χ1v) is 5.65. The van der Waals surface area contributed by atoms with Crippen molar-refractivity contribution in [1.29, 1.82) is 0 Å². The molecule has 0 aliphatic rings. The van der Waals surface area contributed by atoms with Crippen LogP contribution in [0.15, 0.2) is 11.1 Å². The van der Waals surface area contributed by atoms with Gasteiger partial charge in [0.05, 0.1) is 4.92 Å². The van der Waals surface area contributed by atoms with Gasteiger partial charge in [0.1, 0.15) is 0 Å². The fourth-order valence-electron chi connectivity index (χ4n) is 1.28. The van der Waals surface area contributed by atoms with E-state index in [1.807, 2.05) is 0 Å². The Labute approximate surface area is 94.5 Å². The summed E-state index contributed by atoms with van der Waals surface area (Å²) in [5, 5.41) is 15.4. The number of rotatable bonds is 3. The summed E-state index contributed by atoms with van der Waals surface area (Å²) in [6, 6.07) is 0. The summed E-state index contributed by atoms with van der Waals surface area (Å²) in [7, 11) is -4.48. The van der Waals surface area contributed by atoms with Crippen LogP contribution in [-0.2, 0) is 10.0 Å². The number of alkyl halides is 2. The Balaban J connectivity index is 3.80. The molecular formula is C7H7F2N3O4S. The monoisotopic (exact) mass is 267 g/mol. The van der Waals surface area contributed by atoms with Crippen LogP contribution in [0.3, 0.4) is 0 Å². The molecule has 0 bridgehead atoms. The van der Waals surface area contributed by atoms with Crippen molar-refractivity contribution in [1.82, 2.24) is 4.98 Å². The highest BCUT2D eigenvalue weighted by molar-refractivity contribution is 7.89. The Kier molecular flexibility index (Phi) is 3.38. The molecule has 0 spiro atoms. The Hall–Kier alpha value is -1.68. The number of pyridine rings is 1. The van der Waals surface area contributed by atoms with E-state index < -0.39 is 37.6 Å².